The first kappa shape index (κ1) is 21.5. The number of rotatable bonds is 9. The van der Waals surface area contributed by atoms with E-state index in [1.54, 1.807) is 24.3 Å². The van der Waals surface area contributed by atoms with Crippen LogP contribution in [0.1, 0.15) is 29.5 Å². The van der Waals surface area contributed by atoms with Gasteiger partial charge in [-0.2, -0.15) is 0 Å². The van der Waals surface area contributed by atoms with E-state index in [9.17, 15) is 13.2 Å². The Morgan fingerprint density at radius 3 is 2.34 bits per heavy atom. The van der Waals surface area contributed by atoms with E-state index in [4.69, 9.17) is 0 Å². The van der Waals surface area contributed by atoms with Crippen LogP contribution in [0.5, 0.6) is 0 Å². The normalized spacial score (nSPS) is 14.4. The van der Waals surface area contributed by atoms with Gasteiger partial charge in [0.15, 0.2) is 0 Å². The summed E-state index contributed by atoms with van der Waals surface area (Å²) >= 11 is 0. The molecule has 0 radical (unpaired) electrons. The summed E-state index contributed by atoms with van der Waals surface area (Å²) in [5.74, 6) is -0.0962. The summed E-state index contributed by atoms with van der Waals surface area (Å²) in [6.45, 7) is 3.29. The van der Waals surface area contributed by atoms with Gasteiger partial charge in [-0.1, -0.05) is 48.0 Å². The van der Waals surface area contributed by atoms with Crippen LogP contribution in [0.3, 0.4) is 0 Å². The van der Waals surface area contributed by atoms with E-state index >= 15 is 0 Å². The number of sulfonamides is 1. The SMILES string of the molecule is Cc1ccc(CN(CC(=O)NCc2ccccc2S(=O)(=O)N(C)C)C2CC2)cc1. The van der Waals surface area contributed by atoms with Crippen molar-refractivity contribution < 1.29 is 13.2 Å². The Kier molecular flexibility index (Phi) is 6.72. The van der Waals surface area contributed by atoms with Gasteiger partial charge < -0.3 is 5.32 Å². The average Bonchev–Trinajstić information content (AvgIpc) is 3.53. The molecule has 2 aromatic carbocycles. The summed E-state index contributed by atoms with van der Waals surface area (Å²) in [6, 6.07) is 15.6. The van der Waals surface area contributed by atoms with Gasteiger partial charge in [0, 0.05) is 33.2 Å². The van der Waals surface area contributed by atoms with Crippen LogP contribution in [0, 0.1) is 6.92 Å². The van der Waals surface area contributed by atoms with Crippen LogP contribution in [-0.2, 0) is 27.9 Å². The van der Waals surface area contributed by atoms with Crippen molar-refractivity contribution in [2.45, 2.75) is 43.8 Å². The lowest BCUT2D eigenvalue weighted by Crippen LogP contribution is -2.38. The highest BCUT2D eigenvalue weighted by Gasteiger charge is 2.30. The molecule has 7 heteroatoms. The second-order valence-corrected chi connectivity index (χ2v) is 9.91. The zero-order valence-corrected chi connectivity index (χ0v) is 18.1. The van der Waals surface area contributed by atoms with Crippen molar-refractivity contribution in [1.29, 1.82) is 0 Å². The molecule has 0 heterocycles. The summed E-state index contributed by atoms with van der Waals surface area (Å²) < 4.78 is 26.2. The first-order valence-corrected chi connectivity index (χ1v) is 11.3. The molecule has 0 bridgehead atoms. The molecule has 1 saturated carbocycles. The molecule has 3 rings (SSSR count). The first-order chi connectivity index (χ1) is 13.8. The van der Waals surface area contributed by atoms with Crippen molar-refractivity contribution in [1.82, 2.24) is 14.5 Å². The highest BCUT2D eigenvalue weighted by Crippen LogP contribution is 2.28. The summed E-state index contributed by atoms with van der Waals surface area (Å²) in [5.41, 5.74) is 3.00. The molecule has 0 aliphatic heterocycles. The number of hydrogen-bond acceptors (Lipinski definition) is 4. The Labute approximate surface area is 173 Å². The number of carbonyl (C=O) groups excluding carboxylic acids is 1. The molecule has 156 valence electrons. The predicted molar refractivity (Wildman–Crippen MR) is 114 cm³/mol. The lowest BCUT2D eigenvalue weighted by molar-refractivity contribution is -0.122. The second-order valence-electron chi connectivity index (χ2n) is 7.79. The Morgan fingerprint density at radius 2 is 1.72 bits per heavy atom. The van der Waals surface area contributed by atoms with Gasteiger partial charge in [-0.15, -0.1) is 0 Å². The smallest absolute Gasteiger partial charge is 0.242 e. The van der Waals surface area contributed by atoms with Crippen LogP contribution in [-0.4, -0.2) is 50.2 Å². The van der Waals surface area contributed by atoms with Crippen LogP contribution in [0.4, 0.5) is 0 Å². The number of nitrogens with zero attached hydrogens (tertiary/aromatic N) is 2. The van der Waals surface area contributed by atoms with E-state index in [1.165, 1.54) is 29.5 Å². The number of aryl methyl sites for hydroxylation is 1. The van der Waals surface area contributed by atoms with E-state index in [1.807, 2.05) is 0 Å². The largest absolute Gasteiger partial charge is 0.351 e. The molecular weight excluding hydrogens is 386 g/mol. The van der Waals surface area contributed by atoms with Gasteiger partial charge in [-0.25, -0.2) is 12.7 Å². The summed E-state index contributed by atoms with van der Waals surface area (Å²) in [7, 11) is -0.548. The average molecular weight is 416 g/mol. The zero-order valence-electron chi connectivity index (χ0n) is 17.3. The van der Waals surface area contributed by atoms with Crippen LogP contribution < -0.4 is 5.32 Å². The van der Waals surface area contributed by atoms with Gasteiger partial charge >= 0.3 is 0 Å². The number of amides is 1. The third kappa shape index (κ3) is 5.65. The van der Waals surface area contributed by atoms with Crippen molar-refractivity contribution in [2.24, 2.45) is 0 Å². The van der Waals surface area contributed by atoms with Gasteiger partial charge in [0.25, 0.3) is 0 Å². The molecule has 1 aliphatic rings. The molecule has 2 aromatic rings. The molecule has 6 nitrogen and oxygen atoms in total. The molecule has 1 N–H and O–H groups in total. The van der Waals surface area contributed by atoms with E-state index in [2.05, 4.69) is 41.4 Å². The van der Waals surface area contributed by atoms with Crippen LogP contribution in [0.25, 0.3) is 0 Å². The predicted octanol–water partition coefficient (Wildman–Crippen LogP) is 2.53. The lowest BCUT2D eigenvalue weighted by Gasteiger charge is -2.22. The minimum atomic E-state index is -3.55. The number of nitrogens with one attached hydrogen (secondary N) is 1. The third-order valence-electron chi connectivity index (χ3n) is 5.12. The molecular formula is C22H29N3O3S. The van der Waals surface area contributed by atoms with E-state index < -0.39 is 10.0 Å². The standard InChI is InChI=1S/C22H29N3O3S/c1-17-8-10-18(11-9-17)15-25(20-12-13-20)16-22(26)23-14-19-6-4-5-7-21(19)29(27,28)24(2)3/h4-11,20H,12-16H2,1-3H3,(H,23,26). The van der Waals surface area contributed by atoms with Gasteiger partial charge in [0.1, 0.15) is 0 Å². The van der Waals surface area contributed by atoms with Crippen molar-refractivity contribution in [3.05, 3.63) is 65.2 Å². The minimum Gasteiger partial charge on any atom is -0.351 e. The van der Waals surface area contributed by atoms with Crippen LogP contribution in [0.2, 0.25) is 0 Å². The Morgan fingerprint density at radius 1 is 1.07 bits per heavy atom. The highest BCUT2D eigenvalue weighted by atomic mass is 32.2. The number of carbonyl (C=O) groups is 1. The summed E-state index contributed by atoms with van der Waals surface area (Å²) in [6.07, 6.45) is 2.23. The second kappa shape index (κ2) is 9.07. The van der Waals surface area contributed by atoms with Crippen molar-refractivity contribution in [3.63, 3.8) is 0 Å². The molecule has 1 fully saturated rings. The maximum Gasteiger partial charge on any atom is 0.242 e. The molecule has 0 unspecified atom stereocenters. The molecule has 0 aromatic heterocycles. The molecule has 1 aliphatic carbocycles. The monoisotopic (exact) mass is 415 g/mol. The van der Waals surface area contributed by atoms with Crippen LogP contribution >= 0.6 is 0 Å². The van der Waals surface area contributed by atoms with Gasteiger partial charge in [-0.3, -0.25) is 9.69 Å². The fourth-order valence-electron chi connectivity index (χ4n) is 3.21. The zero-order chi connectivity index (χ0) is 21.0. The number of hydrogen-bond donors (Lipinski definition) is 1. The number of benzene rings is 2. The Balaban J connectivity index is 1.63. The highest BCUT2D eigenvalue weighted by molar-refractivity contribution is 7.89. The molecule has 0 atom stereocenters. The molecule has 1 amide bonds. The molecule has 29 heavy (non-hydrogen) atoms. The maximum absolute atomic E-state index is 12.6. The van der Waals surface area contributed by atoms with Gasteiger partial charge in [-0.05, 0) is 37.0 Å². The minimum absolute atomic E-state index is 0.0962. The Bertz CT molecular complexity index is 952. The van der Waals surface area contributed by atoms with Crippen LogP contribution in [0.15, 0.2) is 53.4 Å². The molecule has 0 saturated heterocycles. The van der Waals surface area contributed by atoms with E-state index in [0.29, 0.717) is 18.2 Å². The lowest BCUT2D eigenvalue weighted by atomic mass is 10.1. The quantitative estimate of drug-likeness (QED) is 0.683. The van der Waals surface area contributed by atoms with Crippen molar-refractivity contribution in [3.8, 4) is 0 Å². The molecule has 0 spiro atoms. The topological polar surface area (TPSA) is 69.7 Å². The van der Waals surface area contributed by atoms with Gasteiger partial charge in [0.05, 0.1) is 11.4 Å². The van der Waals surface area contributed by atoms with Crippen molar-refractivity contribution >= 4 is 15.9 Å². The maximum atomic E-state index is 12.6. The summed E-state index contributed by atoms with van der Waals surface area (Å²) in [4.78, 5) is 15.0. The first-order valence-electron chi connectivity index (χ1n) is 9.84. The fourth-order valence-corrected chi connectivity index (χ4v) is 4.33. The fraction of sp³-hybridized carbons (Fsp3) is 0.409. The third-order valence-corrected chi connectivity index (χ3v) is 7.04. The summed E-state index contributed by atoms with van der Waals surface area (Å²) in [5, 5.41) is 2.89. The van der Waals surface area contributed by atoms with E-state index in [-0.39, 0.29) is 17.3 Å². The Hall–Kier alpha value is -2.22. The van der Waals surface area contributed by atoms with Crippen molar-refractivity contribution in [2.75, 3.05) is 20.6 Å². The van der Waals surface area contributed by atoms with E-state index in [0.717, 1.165) is 19.4 Å². The van der Waals surface area contributed by atoms with Gasteiger partial charge in [0.2, 0.25) is 15.9 Å².